The number of hydrogen-bond donors (Lipinski definition) is 2. The molecule has 3 N–H and O–H groups in total. The second-order valence-corrected chi connectivity index (χ2v) is 6.49. The summed E-state index contributed by atoms with van der Waals surface area (Å²) in [4.78, 5) is 40.3. The Morgan fingerprint density at radius 3 is 2.42 bits per heavy atom. The maximum atomic E-state index is 12.8. The number of rotatable bonds is 9. The molecule has 0 aliphatic rings. The molecular formula is C19H23F3N4O5. The van der Waals surface area contributed by atoms with E-state index >= 15 is 0 Å². The highest BCUT2D eigenvalue weighted by Crippen LogP contribution is 2.30. The molecule has 1 heterocycles. The number of hydrogen-bond acceptors (Lipinski definition) is 6. The van der Waals surface area contributed by atoms with Gasteiger partial charge in [-0.15, -0.1) is 0 Å². The molecule has 0 saturated carbocycles. The van der Waals surface area contributed by atoms with Gasteiger partial charge in [-0.2, -0.15) is 13.2 Å². The lowest BCUT2D eigenvalue weighted by atomic mass is 10.2. The zero-order chi connectivity index (χ0) is 23.2. The normalized spacial score (nSPS) is 11.4. The second kappa shape index (κ2) is 10.2. The van der Waals surface area contributed by atoms with Crippen molar-refractivity contribution in [1.82, 2.24) is 9.55 Å². The highest BCUT2D eigenvalue weighted by Gasteiger charge is 2.30. The van der Waals surface area contributed by atoms with Gasteiger partial charge < -0.3 is 15.2 Å². The Kier molecular flexibility index (Phi) is 7.86. The smallest absolute Gasteiger partial charge is 0.416 e. The van der Waals surface area contributed by atoms with Gasteiger partial charge in [-0.25, -0.2) is 4.79 Å². The number of amides is 1. The van der Waals surface area contributed by atoms with Crippen LogP contribution in [0.25, 0.3) is 0 Å². The molecule has 0 saturated heterocycles. The lowest BCUT2D eigenvalue weighted by Gasteiger charge is -2.24. The van der Waals surface area contributed by atoms with Gasteiger partial charge >= 0.3 is 11.9 Å². The van der Waals surface area contributed by atoms with Crippen molar-refractivity contribution in [2.75, 3.05) is 37.5 Å². The van der Waals surface area contributed by atoms with Gasteiger partial charge in [0, 0.05) is 20.2 Å². The molecule has 0 spiro atoms. The van der Waals surface area contributed by atoms with Crippen LogP contribution < -0.4 is 26.6 Å². The van der Waals surface area contributed by atoms with Crippen LogP contribution in [0, 0.1) is 0 Å². The first-order valence-electron chi connectivity index (χ1n) is 9.32. The lowest BCUT2D eigenvalue weighted by molar-refractivity contribution is -0.137. The number of benzene rings is 1. The number of aromatic nitrogens is 2. The molecule has 0 atom stereocenters. The summed E-state index contributed by atoms with van der Waals surface area (Å²) < 4.78 is 49.4. The molecule has 9 nitrogen and oxygen atoms in total. The molecule has 0 fully saturated rings. The molecule has 12 heteroatoms. The first kappa shape index (κ1) is 24.0. The lowest BCUT2D eigenvalue weighted by Crippen LogP contribution is -2.44. The molecular weight excluding hydrogens is 421 g/mol. The Balaban J connectivity index is 2.28. The summed E-state index contributed by atoms with van der Waals surface area (Å²) in [6.07, 6.45) is -3.94. The minimum atomic E-state index is -4.49. The fraction of sp³-hybridized carbons (Fsp3) is 0.421. The topological polar surface area (TPSA) is 120 Å². The number of nitrogens with two attached hydrogens (primary N) is 1. The summed E-state index contributed by atoms with van der Waals surface area (Å²) in [6, 6.07) is 3.81. The van der Waals surface area contributed by atoms with E-state index in [1.165, 1.54) is 7.11 Å². The number of anilines is 2. The van der Waals surface area contributed by atoms with Crippen LogP contribution in [0.4, 0.5) is 24.7 Å². The van der Waals surface area contributed by atoms with E-state index < -0.39 is 35.5 Å². The Morgan fingerprint density at radius 1 is 1.23 bits per heavy atom. The summed E-state index contributed by atoms with van der Waals surface area (Å²) in [5.74, 6) is -0.851. The summed E-state index contributed by atoms with van der Waals surface area (Å²) in [7, 11) is 1.40. The first-order chi connectivity index (χ1) is 14.6. The largest absolute Gasteiger partial charge is 0.484 e. The summed E-state index contributed by atoms with van der Waals surface area (Å²) in [5.41, 5.74) is 3.37. The van der Waals surface area contributed by atoms with Crippen LogP contribution in [0.5, 0.6) is 5.75 Å². The van der Waals surface area contributed by atoms with E-state index in [1.54, 1.807) is 0 Å². The molecule has 1 amide bonds. The van der Waals surface area contributed by atoms with Crippen molar-refractivity contribution in [3.63, 3.8) is 0 Å². The van der Waals surface area contributed by atoms with Crippen molar-refractivity contribution in [2.24, 2.45) is 0 Å². The number of methoxy groups -OCH3 is 1. The quantitative estimate of drug-likeness (QED) is 0.607. The molecule has 0 aliphatic carbocycles. The number of carbonyl (C=O) groups is 1. The number of carbonyl (C=O) groups excluding carboxylic acids is 1. The predicted molar refractivity (Wildman–Crippen MR) is 107 cm³/mol. The average molecular weight is 444 g/mol. The van der Waals surface area contributed by atoms with Crippen LogP contribution in [0.3, 0.4) is 0 Å². The third kappa shape index (κ3) is 5.87. The number of ether oxygens (including phenoxy) is 2. The minimum Gasteiger partial charge on any atom is -0.484 e. The van der Waals surface area contributed by atoms with Crippen molar-refractivity contribution in [3.8, 4) is 5.75 Å². The number of nitrogens with one attached hydrogen (secondary N) is 1. The highest BCUT2D eigenvalue weighted by molar-refractivity contribution is 5.96. The average Bonchev–Trinajstić information content (AvgIpc) is 2.71. The Morgan fingerprint density at radius 2 is 1.87 bits per heavy atom. The van der Waals surface area contributed by atoms with E-state index in [-0.39, 0.29) is 37.0 Å². The minimum absolute atomic E-state index is 0.0332. The van der Waals surface area contributed by atoms with Crippen molar-refractivity contribution in [1.29, 1.82) is 0 Å². The highest BCUT2D eigenvalue weighted by atomic mass is 19.4. The third-order valence-electron chi connectivity index (χ3n) is 4.30. The predicted octanol–water partition coefficient (Wildman–Crippen LogP) is 1.61. The molecule has 0 unspecified atom stereocenters. The standard InChI is InChI=1S/C19H23F3N4O5/c1-3-8-26-16(23)15(17(28)24-18(26)29)25(9-10-30-2)14(27)11-31-13-6-4-12(5-7-13)19(20,21)22/h4-7H,3,8-11,23H2,1-2H3,(H,24,28,29). The van der Waals surface area contributed by atoms with Gasteiger partial charge in [0.25, 0.3) is 11.5 Å². The van der Waals surface area contributed by atoms with Crippen molar-refractivity contribution in [2.45, 2.75) is 26.1 Å². The molecule has 0 radical (unpaired) electrons. The van der Waals surface area contributed by atoms with Crippen LogP contribution in [0.15, 0.2) is 33.9 Å². The molecule has 2 aromatic rings. The van der Waals surface area contributed by atoms with Gasteiger partial charge in [-0.3, -0.25) is 24.0 Å². The van der Waals surface area contributed by atoms with Crippen molar-refractivity contribution >= 4 is 17.4 Å². The zero-order valence-electron chi connectivity index (χ0n) is 17.0. The zero-order valence-corrected chi connectivity index (χ0v) is 17.0. The monoisotopic (exact) mass is 444 g/mol. The number of nitrogen functional groups attached to an aromatic ring is 1. The summed E-state index contributed by atoms with van der Waals surface area (Å²) >= 11 is 0. The van der Waals surface area contributed by atoms with Crippen LogP contribution in [-0.4, -0.2) is 42.3 Å². The van der Waals surface area contributed by atoms with E-state index in [0.717, 1.165) is 33.7 Å². The van der Waals surface area contributed by atoms with E-state index in [1.807, 2.05) is 6.92 Å². The van der Waals surface area contributed by atoms with Gasteiger partial charge in [-0.1, -0.05) is 6.92 Å². The number of aromatic amines is 1. The van der Waals surface area contributed by atoms with Gasteiger partial charge in [-0.05, 0) is 30.7 Å². The summed E-state index contributed by atoms with van der Waals surface area (Å²) in [6.45, 7) is 1.44. The molecule has 0 bridgehead atoms. The third-order valence-corrected chi connectivity index (χ3v) is 4.30. The molecule has 2 rings (SSSR count). The van der Waals surface area contributed by atoms with Gasteiger partial charge in [0.1, 0.15) is 11.6 Å². The molecule has 170 valence electrons. The summed E-state index contributed by atoms with van der Waals surface area (Å²) in [5, 5.41) is 0. The van der Waals surface area contributed by atoms with Crippen molar-refractivity contribution < 1.29 is 27.4 Å². The van der Waals surface area contributed by atoms with Crippen LogP contribution in [0.2, 0.25) is 0 Å². The van der Waals surface area contributed by atoms with E-state index in [0.29, 0.717) is 6.42 Å². The molecule has 0 aliphatic heterocycles. The Labute approximate surface area is 175 Å². The van der Waals surface area contributed by atoms with Crippen molar-refractivity contribution in [3.05, 3.63) is 50.7 Å². The second-order valence-electron chi connectivity index (χ2n) is 6.49. The Bertz CT molecular complexity index is 1020. The molecule has 1 aromatic carbocycles. The fourth-order valence-corrected chi connectivity index (χ4v) is 2.79. The maximum Gasteiger partial charge on any atom is 0.416 e. The number of nitrogens with zero attached hydrogens (tertiary/aromatic N) is 2. The Hall–Kier alpha value is -3.28. The van der Waals surface area contributed by atoms with E-state index in [2.05, 4.69) is 4.98 Å². The van der Waals surface area contributed by atoms with E-state index in [9.17, 15) is 27.6 Å². The van der Waals surface area contributed by atoms with Gasteiger partial charge in [0.15, 0.2) is 12.3 Å². The van der Waals surface area contributed by atoms with Crippen LogP contribution in [0.1, 0.15) is 18.9 Å². The maximum absolute atomic E-state index is 12.8. The van der Waals surface area contributed by atoms with Crippen LogP contribution in [-0.2, 0) is 22.3 Å². The number of alkyl halides is 3. The number of H-pyrrole nitrogens is 1. The van der Waals surface area contributed by atoms with E-state index in [4.69, 9.17) is 15.2 Å². The molecule has 1 aromatic heterocycles. The number of halogens is 3. The van der Waals surface area contributed by atoms with Gasteiger partial charge in [0.2, 0.25) is 0 Å². The molecule has 31 heavy (non-hydrogen) atoms. The first-order valence-corrected chi connectivity index (χ1v) is 9.32. The van der Waals surface area contributed by atoms with Gasteiger partial charge in [0.05, 0.1) is 12.2 Å². The fourth-order valence-electron chi connectivity index (χ4n) is 2.79. The SMILES string of the molecule is CCCn1c(N)c(N(CCOC)C(=O)COc2ccc(C(F)(F)F)cc2)c(=O)[nH]c1=O. The van der Waals surface area contributed by atoms with Crippen LogP contribution >= 0.6 is 0 Å².